The van der Waals surface area contributed by atoms with Gasteiger partial charge in [-0.05, 0) is 51.9 Å². The first-order valence-corrected chi connectivity index (χ1v) is 6.63. The highest BCUT2D eigenvalue weighted by Gasteiger charge is 2.32. The highest BCUT2D eigenvalue weighted by atomic mass is 16.5. The smallest absolute Gasteiger partial charge is 0.311 e. The Hall–Kier alpha value is -0.530. The second kappa shape index (κ2) is 5.70. The van der Waals surface area contributed by atoms with Gasteiger partial charge in [-0.1, -0.05) is 20.3 Å². The molecule has 0 aromatic heterocycles. The number of carbonyl (C=O) groups is 1. The fourth-order valence-electron chi connectivity index (χ4n) is 2.60. The molecule has 0 unspecified atom stereocenters. The normalized spacial score (nSPS) is 18.8. The van der Waals surface area contributed by atoms with Crippen LogP contribution in [0, 0.1) is 11.3 Å². The predicted octanol–water partition coefficient (Wildman–Crippen LogP) is 3.93. The van der Waals surface area contributed by atoms with E-state index in [1.54, 1.807) is 0 Å². The molecule has 0 aromatic carbocycles. The van der Waals surface area contributed by atoms with Crippen LogP contribution in [0.1, 0.15) is 66.2 Å². The predicted molar refractivity (Wildman–Crippen MR) is 66.2 cm³/mol. The Balaban J connectivity index is 2.43. The van der Waals surface area contributed by atoms with E-state index >= 15 is 0 Å². The van der Waals surface area contributed by atoms with Gasteiger partial charge >= 0.3 is 5.97 Å². The van der Waals surface area contributed by atoms with Crippen LogP contribution in [-0.4, -0.2) is 12.1 Å². The second-order valence-corrected chi connectivity index (χ2v) is 6.15. The van der Waals surface area contributed by atoms with Gasteiger partial charge in [0.1, 0.15) is 6.10 Å². The van der Waals surface area contributed by atoms with Crippen molar-refractivity contribution in [2.75, 3.05) is 0 Å². The molecule has 0 amide bonds. The summed E-state index contributed by atoms with van der Waals surface area (Å²) in [5, 5.41) is 0. The molecule has 0 bridgehead atoms. The third kappa shape index (κ3) is 4.15. The van der Waals surface area contributed by atoms with E-state index in [2.05, 4.69) is 13.8 Å². The first kappa shape index (κ1) is 13.5. The standard InChI is InChI=1S/C14H26O2/c1-11(2)10-14(3,4)13(15)16-12-8-6-5-7-9-12/h11-12H,5-10H2,1-4H3. The first-order chi connectivity index (χ1) is 7.42. The van der Waals surface area contributed by atoms with E-state index in [4.69, 9.17) is 4.74 Å². The molecular weight excluding hydrogens is 200 g/mol. The zero-order valence-electron chi connectivity index (χ0n) is 11.2. The van der Waals surface area contributed by atoms with Gasteiger partial charge in [0.15, 0.2) is 0 Å². The Morgan fingerprint density at radius 1 is 1.25 bits per heavy atom. The van der Waals surface area contributed by atoms with Crippen LogP contribution in [0.25, 0.3) is 0 Å². The van der Waals surface area contributed by atoms with E-state index in [-0.39, 0.29) is 17.5 Å². The molecule has 0 atom stereocenters. The topological polar surface area (TPSA) is 26.3 Å². The number of ether oxygens (including phenoxy) is 1. The Bertz CT molecular complexity index is 225. The Morgan fingerprint density at radius 2 is 1.81 bits per heavy atom. The zero-order valence-corrected chi connectivity index (χ0v) is 11.2. The largest absolute Gasteiger partial charge is 0.462 e. The lowest BCUT2D eigenvalue weighted by Gasteiger charge is -2.29. The maximum Gasteiger partial charge on any atom is 0.311 e. The molecule has 1 fully saturated rings. The summed E-state index contributed by atoms with van der Waals surface area (Å²) in [6.07, 6.45) is 6.92. The van der Waals surface area contributed by atoms with Crippen molar-refractivity contribution in [3.63, 3.8) is 0 Å². The molecule has 0 saturated heterocycles. The van der Waals surface area contributed by atoms with Gasteiger partial charge < -0.3 is 4.74 Å². The zero-order chi connectivity index (χ0) is 12.2. The van der Waals surface area contributed by atoms with E-state index in [9.17, 15) is 4.79 Å². The molecule has 0 aliphatic heterocycles. The van der Waals surface area contributed by atoms with Gasteiger partial charge in [0.2, 0.25) is 0 Å². The number of esters is 1. The van der Waals surface area contributed by atoms with E-state index in [0.29, 0.717) is 5.92 Å². The van der Waals surface area contributed by atoms with Crippen molar-refractivity contribution < 1.29 is 9.53 Å². The maximum absolute atomic E-state index is 12.0. The summed E-state index contributed by atoms with van der Waals surface area (Å²) in [6, 6.07) is 0. The summed E-state index contributed by atoms with van der Waals surface area (Å²) < 4.78 is 5.62. The van der Waals surface area contributed by atoms with Crippen LogP contribution in [0.2, 0.25) is 0 Å². The molecule has 0 N–H and O–H groups in total. The monoisotopic (exact) mass is 226 g/mol. The summed E-state index contributed by atoms with van der Waals surface area (Å²) in [7, 11) is 0. The minimum Gasteiger partial charge on any atom is -0.462 e. The fraction of sp³-hybridized carbons (Fsp3) is 0.929. The molecule has 1 aliphatic carbocycles. The molecule has 1 saturated carbocycles. The highest BCUT2D eigenvalue weighted by Crippen LogP contribution is 2.29. The molecule has 2 nitrogen and oxygen atoms in total. The lowest BCUT2D eigenvalue weighted by atomic mass is 9.84. The summed E-state index contributed by atoms with van der Waals surface area (Å²) in [5.74, 6) is 0.530. The van der Waals surface area contributed by atoms with Crippen molar-refractivity contribution >= 4 is 5.97 Å². The lowest BCUT2D eigenvalue weighted by molar-refractivity contribution is -0.162. The van der Waals surface area contributed by atoms with Crippen LogP contribution in [0.15, 0.2) is 0 Å². The fourth-order valence-corrected chi connectivity index (χ4v) is 2.60. The number of hydrogen-bond acceptors (Lipinski definition) is 2. The SMILES string of the molecule is CC(C)CC(C)(C)C(=O)OC1CCCCC1. The Morgan fingerprint density at radius 3 is 2.31 bits per heavy atom. The molecule has 94 valence electrons. The number of hydrogen-bond donors (Lipinski definition) is 0. The molecule has 2 heteroatoms. The summed E-state index contributed by atoms with van der Waals surface area (Å²) in [4.78, 5) is 12.0. The molecule has 16 heavy (non-hydrogen) atoms. The van der Waals surface area contributed by atoms with E-state index in [1.165, 1.54) is 19.3 Å². The Labute approximate surface area is 99.8 Å². The van der Waals surface area contributed by atoms with Gasteiger partial charge in [0.05, 0.1) is 5.41 Å². The van der Waals surface area contributed by atoms with Crippen LogP contribution >= 0.6 is 0 Å². The van der Waals surface area contributed by atoms with Crippen LogP contribution in [0.5, 0.6) is 0 Å². The van der Waals surface area contributed by atoms with Crippen molar-refractivity contribution in [2.45, 2.75) is 72.3 Å². The summed E-state index contributed by atoms with van der Waals surface area (Å²) in [5.41, 5.74) is -0.328. The van der Waals surface area contributed by atoms with E-state index in [0.717, 1.165) is 19.3 Å². The number of carbonyl (C=O) groups excluding carboxylic acids is 1. The van der Waals surface area contributed by atoms with Crippen LogP contribution < -0.4 is 0 Å². The quantitative estimate of drug-likeness (QED) is 0.679. The van der Waals surface area contributed by atoms with Gasteiger partial charge in [-0.2, -0.15) is 0 Å². The third-order valence-corrected chi connectivity index (χ3v) is 3.30. The van der Waals surface area contributed by atoms with Gasteiger partial charge in [0, 0.05) is 0 Å². The Kier molecular flexibility index (Phi) is 4.82. The maximum atomic E-state index is 12.0. The van der Waals surface area contributed by atoms with Crippen molar-refractivity contribution in [1.82, 2.24) is 0 Å². The average molecular weight is 226 g/mol. The first-order valence-electron chi connectivity index (χ1n) is 6.63. The van der Waals surface area contributed by atoms with Crippen molar-refractivity contribution in [3.05, 3.63) is 0 Å². The van der Waals surface area contributed by atoms with Crippen LogP contribution in [-0.2, 0) is 9.53 Å². The van der Waals surface area contributed by atoms with Crippen molar-refractivity contribution in [3.8, 4) is 0 Å². The van der Waals surface area contributed by atoms with Gasteiger partial charge in [-0.3, -0.25) is 4.79 Å². The summed E-state index contributed by atoms with van der Waals surface area (Å²) >= 11 is 0. The number of rotatable bonds is 4. The minimum absolute atomic E-state index is 0.00639. The van der Waals surface area contributed by atoms with Crippen LogP contribution in [0.4, 0.5) is 0 Å². The van der Waals surface area contributed by atoms with E-state index < -0.39 is 0 Å². The minimum atomic E-state index is -0.328. The molecular formula is C14H26O2. The van der Waals surface area contributed by atoms with Crippen molar-refractivity contribution in [2.24, 2.45) is 11.3 Å². The average Bonchev–Trinajstić information content (AvgIpc) is 2.17. The molecule has 0 radical (unpaired) electrons. The molecule has 0 spiro atoms. The molecule has 1 rings (SSSR count). The van der Waals surface area contributed by atoms with E-state index in [1.807, 2.05) is 13.8 Å². The summed E-state index contributed by atoms with van der Waals surface area (Å²) in [6.45, 7) is 8.29. The van der Waals surface area contributed by atoms with Crippen LogP contribution in [0.3, 0.4) is 0 Å². The molecule has 1 aliphatic rings. The molecule has 0 aromatic rings. The highest BCUT2D eigenvalue weighted by molar-refractivity contribution is 5.76. The lowest BCUT2D eigenvalue weighted by Crippen LogP contribution is -2.32. The molecule has 0 heterocycles. The second-order valence-electron chi connectivity index (χ2n) is 6.15. The van der Waals surface area contributed by atoms with Gasteiger partial charge in [0.25, 0.3) is 0 Å². The van der Waals surface area contributed by atoms with Gasteiger partial charge in [-0.15, -0.1) is 0 Å². The van der Waals surface area contributed by atoms with Gasteiger partial charge in [-0.25, -0.2) is 0 Å². The van der Waals surface area contributed by atoms with Crippen molar-refractivity contribution in [1.29, 1.82) is 0 Å². The third-order valence-electron chi connectivity index (χ3n) is 3.30.